The highest BCUT2D eigenvalue weighted by atomic mass is 15.2. The molecule has 2 N–H and O–H groups in total. The molecule has 3 nitrogen and oxygen atoms in total. The maximum absolute atomic E-state index is 6.19. The number of likely N-dealkylation sites (tertiary alicyclic amines) is 2. The van der Waals surface area contributed by atoms with Crippen LogP contribution in [-0.2, 0) is 0 Å². The Balaban J connectivity index is 1.87. The van der Waals surface area contributed by atoms with Crippen LogP contribution in [0.1, 0.15) is 32.6 Å². The minimum Gasteiger partial charge on any atom is -0.326 e. The monoisotopic (exact) mass is 225 g/mol. The number of piperidine rings is 1. The van der Waals surface area contributed by atoms with Crippen LogP contribution in [0.5, 0.6) is 0 Å². The first kappa shape index (κ1) is 12.3. The molecule has 0 aromatic rings. The third kappa shape index (κ3) is 2.96. The van der Waals surface area contributed by atoms with Crippen molar-refractivity contribution in [3.8, 4) is 0 Å². The van der Waals surface area contributed by atoms with Gasteiger partial charge in [0.1, 0.15) is 0 Å². The average molecular weight is 225 g/mol. The molecule has 0 bridgehead atoms. The van der Waals surface area contributed by atoms with Crippen LogP contribution in [0.15, 0.2) is 0 Å². The first-order chi connectivity index (χ1) is 7.66. The molecular formula is C13H27N3. The zero-order chi connectivity index (χ0) is 11.5. The standard InChI is InChI=1S/C13H27N3/c1-11-5-9-16(10-13(11)14)12-4-3-7-15(2)8-6-12/h11-13H,3-10,14H2,1-2H3. The third-order valence-corrected chi connectivity index (χ3v) is 4.49. The SMILES string of the molecule is CC1CCN(C2CCCN(C)CC2)CC1N. The van der Waals surface area contributed by atoms with Gasteiger partial charge in [0.2, 0.25) is 0 Å². The molecule has 0 amide bonds. The summed E-state index contributed by atoms with van der Waals surface area (Å²) in [6.45, 7) is 7.21. The van der Waals surface area contributed by atoms with Crippen LogP contribution in [-0.4, -0.2) is 55.1 Å². The number of rotatable bonds is 1. The van der Waals surface area contributed by atoms with Crippen LogP contribution >= 0.6 is 0 Å². The molecule has 2 rings (SSSR count). The molecule has 3 heteroatoms. The predicted octanol–water partition coefficient (Wildman–Crippen LogP) is 1.14. The van der Waals surface area contributed by atoms with Crippen molar-refractivity contribution in [3.05, 3.63) is 0 Å². The van der Waals surface area contributed by atoms with E-state index in [4.69, 9.17) is 5.73 Å². The van der Waals surface area contributed by atoms with Crippen LogP contribution < -0.4 is 5.73 Å². The van der Waals surface area contributed by atoms with E-state index in [1.807, 2.05) is 0 Å². The molecule has 3 atom stereocenters. The van der Waals surface area contributed by atoms with Gasteiger partial charge < -0.3 is 10.6 Å². The van der Waals surface area contributed by atoms with E-state index in [0.29, 0.717) is 12.0 Å². The van der Waals surface area contributed by atoms with Crippen LogP contribution in [0.3, 0.4) is 0 Å². The highest BCUT2D eigenvalue weighted by Gasteiger charge is 2.28. The lowest BCUT2D eigenvalue weighted by Crippen LogP contribution is -2.51. The van der Waals surface area contributed by atoms with Crippen molar-refractivity contribution in [2.24, 2.45) is 11.7 Å². The topological polar surface area (TPSA) is 32.5 Å². The van der Waals surface area contributed by atoms with Gasteiger partial charge in [0.05, 0.1) is 0 Å². The molecule has 2 heterocycles. The maximum Gasteiger partial charge on any atom is 0.0194 e. The van der Waals surface area contributed by atoms with Crippen molar-refractivity contribution in [1.82, 2.24) is 9.80 Å². The van der Waals surface area contributed by atoms with Gasteiger partial charge in [0.15, 0.2) is 0 Å². The predicted molar refractivity (Wildman–Crippen MR) is 68.5 cm³/mol. The van der Waals surface area contributed by atoms with Crippen LogP contribution in [0, 0.1) is 5.92 Å². The van der Waals surface area contributed by atoms with E-state index in [9.17, 15) is 0 Å². The summed E-state index contributed by atoms with van der Waals surface area (Å²) in [5.74, 6) is 0.713. The normalized spacial score (nSPS) is 39.6. The van der Waals surface area contributed by atoms with Gasteiger partial charge >= 0.3 is 0 Å². The van der Waals surface area contributed by atoms with Crippen LogP contribution in [0.4, 0.5) is 0 Å². The lowest BCUT2D eigenvalue weighted by Gasteiger charge is -2.39. The summed E-state index contributed by atoms with van der Waals surface area (Å²) in [7, 11) is 2.24. The Morgan fingerprint density at radius 3 is 2.62 bits per heavy atom. The second kappa shape index (κ2) is 5.48. The van der Waals surface area contributed by atoms with Gasteiger partial charge in [-0.2, -0.15) is 0 Å². The minimum absolute atomic E-state index is 0.398. The number of nitrogens with zero attached hydrogens (tertiary/aromatic N) is 2. The number of hydrogen-bond acceptors (Lipinski definition) is 3. The molecule has 0 aliphatic carbocycles. The molecular weight excluding hydrogens is 198 g/mol. The molecule has 16 heavy (non-hydrogen) atoms. The first-order valence-corrected chi connectivity index (χ1v) is 6.85. The highest BCUT2D eigenvalue weighted by Crippen LogP contribution is 2.22. The quantitative estimate of drug-likeness (QED) is 0.726. The third-order valence-electron chi connectivity index (χ3n) is 4.49. The molecule has 0 aromatic carbocycles. The number of nitrogens with two attached hydrogens (primary N) is 1. The summed E-state index contributed by atoms with van der Waals surface area (Å²) >= 11 is 0. The van der Waals surface area contributed by atoms with Gasteiger partial charge in [0, 0.05) is 18.6 Å². The molecule has 2 saturated heterocycles. The van der Waals surface area contributed by atoms with E-state index < -0.39 is 0 Å². The van der Waals surface area contributed by atoms with Crippen molar-refractivity contribution in [1.29, 1.82) is 0 Å². The first-order valence-electron chi connectivity index (χ1n) is 6.85. The highest BCUT2D eigenvalue weighted by molar-refractivity contribution is 4.85. The lowest BCUT2D eigenvalue weighted by molar-refractivity contribution is 0.111. The van der Waals surface area contributed by atoms with E-state index in [1.165, 1.54) is 45.3 Å². The van der Waals surface area contributed by atoms with E-state index in [2.05, 4.69) is 23.8 Å². The van der Waals surface area contributed by atoms with Gasteiger partial charge in [-0.1, -0.05) is 6.92 Å². The van der Waals surface area contributed by atoms with Crippen molar-refractivity contribution >= 4 is 0 Å². The van der Waals surface area contributed by atoms with E-state index in [-0.39, 0.29) is 0 Å². The Bertz CT molecular complexity index is 217. The van der Waals surface area contributed by atoms with E-state index in [1.54, 1.807) is 0 Å². The summed E-state index contributed by atoms with van der Waals surface area (Å²) in [6, 6.07) is 1.19. The van der Waals surface area contributed by atoms with E-state index >= 15 is 0 Å². The van der Waals surface area contributed by atoms with Crippen molar-refractivity contribution in [2.45, 2.75) is 44.7 Å². The largest absolute Gasteiger partial charge is 0.326 e. The van der Waals surface area contributed by atoms with Gasteiger partial charge in [0.25, 0.3) is 0 Å². The Kier molecular flexibility index (Phi) is 4.22. The fraction of sp³-hybridized carbons (Fsp3) is 1.00. The smallest absolute Gasteiger partial charge is 0.0194 e. The fourth-order valence-electron chi connectivity index (χ4n) is 3.04. The molecule has 0 saturated carbocycles. The van der Waals surface area contributed by atoms with E-state index in [0.717, 1.165) is 12.6 Å². The maximum atomic E-state index is 6.19. The molecule has 2 aliphatic rings. The average Bonchev–Trinajstić information content (AvgIpc) is 2.47. The van der Waals surface area contributed by atoms with Crippen molar-refractivity contribution in [2.75, 3.05) is 33.2 Å². The Hall–Kier alpha value is -0.120. The molecule has 3 unspecified atom stereocenters. The van der Waals surface area contributed by atoms with Gasteiger partial charge in [-0.15, -0.1) is 0 Å². The summed E-state index contributed by atoms with van der Waals surface area (Å²) in [6.07, 6.45) is 5.33. The fourth-order valence-corrected chi connectivity index (χ4v) is 3.04. The summed E-state index contributed by atoms with van der Waals surface area (Å²) < 4.78 is 0. The van der Waals surface area contributed by atoms with Gasteiger partial charge in [-0.3, -0.25) is 4.90 Å². The van der Waals surface area contributed by atoms with Crippen LogP contribution in [0.25, 0.3) is 0 Å². The zero-order valence-corrected chi connectivity index (χ0v) is 10.9. The Labute approximate surface area is 100.0 Å². The molecule has 0 radical (unpaired) electrons. The number of hydrogen-bond donors (Lipinski definition) is 1. The lowest BCUT2D eigenvalue weighted by atomic mass is 9.92. The van der Waals surface area contributed by atoms with Gasteiger partial charge in [-0.25, -0.2) is 0 Å². The summed E-state index contributed by atoms with van der Waals surface area (Å²) in [5.41, 5.74) is 6.19. The van der Waals surface area contributed by atoms with Crippen molar-refractivity contribution in [3.63, 3.8) is 0 Å². The Morgan fingerprint density at radius 1 is 1.06 bits per heavy atom. The molecule has 0 aromatic heterocycles. The Morgan fingerprint density at radius 2 is 1.88 bits per heavy atom. The minimum atomic E-state index is 0.398. The second-order valence-electron chi connectivity index (χ2n) is 5.81. The molecule has 0 spiro atoms. The molecule has 2 fully saturated rings. The molecule has 94 valence electrons. The van der Waals surface area contributed by atoms with Crippen LogP contribution in [0.2, 0.25) is 0 Å². The second-order valence-corrected chi connectivity index (χ2v) is 5.81. The summed E-state index contributed by atoms with van der Waals surface area (Å²) in [5, 5.41) is 0. The zero-order valence-electron chi connectivity index (χ0n) is 10.9. The molecule has 2 aliphatic heterocycles. The van der Waals surface area contributed by atoms with Crippen molar-refractivity contribution < 1.29 is 0 Å². The van der Waals surface area contributed by atoms with Gasteiger partial charge in [-0.05, 0) is 58.3 Å². The summed E-state index contributed by atoms with van der Waals surface area (Å²) in [4.78, 5) is 5.12.